The topological polar surface area (TPSA) is 22.1 Å². The Morgan fingerprint density at radius 1 is 0.489 bits per heavy atom. The molecule has 0 unspecified atom stereocenters. The molecule has 47 heavy (non-hydrogen) atoms. The van der Waals surface area contributed by atoms with E-state index < -0.39 is 0 Å². The summed E-state index contributed by atoms with van der Waals surface area (Å²) in [6, 6.07) is 27.2. The molecule has 0 radical (unpaired) electrons. The lowest BCUT2D eigenvalue weighted by Gasteiger charge is -2.23. The summed E-state index contributed by atoms with van der Waals surface area (Å²) in [5, 5.41) is 0. The standard InChI is InChI=1S/C41H52N4.C2H6/c1-8-42-36-23-15-32(16-24-36)40(33-17-25-37(26-18-33)43(9-2)10-3)31-41(34-19-27-38(28-20-34)44(11-4)12-5)35-21-29-39(30-22-35)45(13-6)14-7;1-2/h15-31H,8-14H2,1-7H3;1-2H3. The molecule has 0 bridgehead atoms. The van der Waals surface area contributed by atoms with Crippen LogP contribution >= 0.6 is 0 Å². The van der Waals surface area contributed by atoms with Crippen molar-refractivity contribution in [2.45, 2.75) is 62.3 Å². The highest BCUT2D eigenvalue weighted by Crippen LogP contribution is 2.34. The van der Waals surface area contributed by atoms with E-state index in [-0.39, 0.29) is 0 Å². The van der Waals surface area contributed by atoms with Crippen molar-refractivity contribution >= 4 is 33.9 Å². The highest BCUT2D eigenvalue weighted by atomic mass is 15.1. The van der Waals surface area contributed by atoms with Crippen LogP contribution in [0.2, 0.25) is 0 Å². The van der Waals surface area contributed by atoms with Gasteiger partial charge in [-0.1, -0.05) is 62.4 Å². The maximum absolute atomic E-state index is 4.62. The quantitative estimate of drug-likeness (QED) is 0.177. The SMILES string of the molecule is CC.CCN=C1C=CC(=C(C=C(c2ccc(N(CC)CC)cc2)c2ccc(N(CC)CC)cc2)c2ccc(N(CC)CC)cc2)C=C1. The van der Waals surface area contributed by atoms with Gasteiger partial charge in [-0.05, 0) is 137 Å². The number of anilines is 3. The van der Waals surface area contributed by atoms with Gasteiger partial charge < -0.3 is 14.7 Å². The highest BCUT2D eigenvalue weighted by Gasteiger charge is 2.14. The molecular weight excluding hydrogens is 573 g/mol. The van der Waals surface area contributed by atoms with E-state index in [4.69, 9.17) is 0 Å². The number of hydrogen-bond acceptors (Lipinski definition) is 4. The molecule has 4 nitrogen and oxygen atoms in total. The van der Waals surface area contributed by atoms with E-state index in [1.165, 1.54) is 50.5 Å². The van der Waals surface area contributed by atoms with Crippen molar-refractivity contribution in [3.05, 3.63) is 125 Å². The normalized spacial score (nSPS) is 11.9. The van der Waals surface area contributed by atoms with Gasteiger partial charge in [-0.15, -0.1) is 0 Å². The Hall–Kier alpha value is -4.31. The maximum Gasteiger partial charge on any atom is 0.0574 e. The first-order chi connectivity index (χ1) is 23.0. The Kier molecular flexibility index (Phi) is 15.3. The van der Waals surface area contributed by atoms with Crippen LogP contribution in [0.3, 0.4) is 0 Å². The van der Waals surface area contributed by atoms with E-state index in [0.29, 0.717) is 0 Å². The van der Waals surface area contributed by atoms with Gasteiger partial charge in [0.15, 0.2) is 0 Å². The molecule has 0 aliphatic heterocycles. The summed E-state index contributed by atoms with van der Waals surface area (Å²) in [5.74, 6) is 0. The lowest BCUT2D eigenvalue weighted by Crippen LogP contribution is -2.21. The van der Waals surface area contributed by atoms with Crippen LogP contribution in [0.5, 0.6) is 0 Å². The zero-order valence-electron chi connectivity index (χ0n) is 30.6. The van der Waals surface area contributed by atoms with Gasteiger partial charge in [0.1, 0.15) is 0 Å². The van der Waals surface area contributed by atoms with E-state index >= 15 is 0 Å². The summed E-state index contributed by atoms with van der Waals surface area (Å²) < 4.78 is 0. The monoisotopic (exact) mass is 630 g/mol. The van der Waals surface area contributed by atoms with Crippen molar-refractivity contribution in [1.29, 1.82) is 0 Å². The lowest BCUT2D eigenvalue weighted by molar-refractivity contribution is 0.866. The fraction of sp³-hybridized carbons (Fsp3) is 0.372. The van der Waals surface area contributed by atoms with Crippen molar-refractivity contribution in [3.8, 4) is 0 Å². The van der Waals surface area contributed by atoms with Crippen molar-refractivity contribution in [2.75, 3.05) is 60.5 Å². The van der Waals surface area contributed by atoms with Gasteiger partial charge in [-0.3, -0.25) is 4.99 Å². The minimum absolute atomic E-state index is 0.778. The van der Waals surface area contributed by atoms with Crippen LogP contribution in [0, 0.1) is 0 Å². The van der Waals surface area contributed by atoms with Crippen LogP contribution in [0.25, 0.3) is 11.1 Å². The van der Waals surface area contributed by atoms with E-state index in [1.807, 2.05) is 13.8 Å². The van der Waals surface area contributed by atoms with Crippen molar-refractivity contribution < 1.29 is 0 Å². The van der Waals surface area contributed by atoms with Gasteiger partial charge in [0.05, 0.1) is 5.71 Å². The first-order valence-corrected chi connectivity index (χ1v) is 17.9. The van der Waals surface area contributed by atoms with E-state index in [0.717, 1.165) is 51.5 Å². The Bertz CT molecular complexity index is 1430. The summed E-state index contributed by atoms with van der Waals surface area (Å²) in [5.41, 5.74) is 12.0. The molecule has 4 rings (SSSR count). The molecule has 0 saturated carbocycles. The number of aliphatic imine (C=N–C) groups is 1. The molecule has 250 valence electrons. The van der Waals surface area contributed by atoms with Gasteiger partial charge >= 0.3 is 0 Å². The van der Waals surface area contributed by atoms with Crippen LogP contribution in [-0.2, 0) is 0 Å². The molecule has 0 saturated heterocycles. The zero-order valence-corrected chi connectivity index (χ0v) is 30.6. The Morgan fingerprint density at radius 3 is 1.15 bits per heavy atom. The molecule has 0 spiro atoms. The van der Waals surface area contributed by atoms with Crippen molar-refractivity contribution in [1.82, 2.24) is 0 Å². The van der Waals surface area contributed by atoms with E-state index in [1.54, 1.807) is 0 Å². The average molecular weight is 631 g/mol. The third-order valence-corrected chi connectivity index (χ3v) is 8.73. The summed E-state index contributed by atoms with van der Waals surface area (Å²) in [6.07, 6.45) is 11.1. The Labute approximate surface area is 286 Å². The minimum Gasteiger partial charge on any atom is -0.372 e. The summed E-state index contributed by atoms with van der Waals surface area (Å²) >= 11 is 0. The highest BCUT2D eigenvalue weighted by molar-refractivity contribution is 6.07. The molecule has 0 atom stereocenters. The van der Waals surface area contributed by atoms with E-state index in [9.17, 15) is 0 Å². The van der Waals surface area contributed by atoms with Gasteiger partial charge in [-0.25, -0.2) is 0 Å². The van der Waals surface area contributed by atoms with Gasteiger partial charge in [0.2, 0.25) is 0 Å². The van der Waals surface area contributed by atoms with Gasteiger partial charge in [-0.2, -0.15) is 0 Å². The number of benzene rings is 3. The second-order valence-electron chi connectivity index (χ2n) is 11.2. The molecule has 1 aliphatic carbocycles. The van der Waals surface area contributed by atoms with Gasteiger partial charge in [0, 0.05) is 62.9 Å². The molecular formula is C43H58N4. The number of hydrogen-bond donors (Lipinski definition) is 0. The Morgan fingerprint density at radius 2 is 0.830 bits per heavy atom. The molecule has 0 fully saturated rings. The third kappa shape index (κ3) is 9.60. The lowest BCUT2D eigenvalue weighted by atomic mass is 9.90. The van der Waals surface area contributed by atoms with Crippen molar-refractivity contribution in [3.63, 3.8) is 0 Å². The second kappa shape index (κ2) is 19.4. The first-order valence-electron chi connectivity index (χ1n) is 17.9. The van der Waals surface area contributed by atoms with Crippen LogP contribution in [0.4, 0.5) is 17.1 Å². The maximum atomic E-state index is 4.62. The first kappa shape index (κ1) is 37.2. The second-order valence-corrected chi connectivity index (χ2v) is 11.2. The zero-order chi connectivity index (χ0) is 34.2. The number of rotatable bonds is 14. The third-order valence-electron chi connectivity index (χ3n) is 8.73. The molecule has 0 amide bonds. The van der Waals surface area contributed by atoms with Crippen molar-refractivity contribution in [2.24, 2.45) is 4.99 Å². The molecule has 0 N–H and O–H groups in total. The molecule has 4 heteroatoms. The Balaban J connectivity index is 0.00000294. The predicted molar refractivity (Wildman–Crippen MR) is 212 cm³/mol. The predicted octanol–water partition coefficient (Wildman–Crippen LogP) is 10.7. The van der Waals surface area contributed by atoms with Crippen LogP contribution in [0.1, 0.15) is 79.0 Å². The minimum atomic E-state index is 0.778. The summed E-state index contributed by atoms with van der Waals surface area (Å²) in [6.45, 7) is 26.1. The van der Waals surface area contributed by atoms with E-state index in [2.05, 4.69) is 171 Å². The molecule has 0 heterocycles. The van der Waals surface area contributed by atoms with Crippen LogP contribution < -0.4 is 14.7 Å². The number of nitrogens with zero attached hydrogens (tertiary/aromatic N) is 4. The number of allylic oxidation sites excluding steroid dienone is 7. The largest absolute Gasteiger partial charge is 0.372 e. The average Bonchev–Trinajstić information content (AvgIpc) is 3.13. The molecule has 1 aliphatic rings. The smallest absolute Gasteiger partial charge is 0.0574 e. The fourth-order valence-electron chi connectivity index (χ4n) is 6.06. The van der Waals surface area contributed by atoms with Crippen LogP contribution in [-0.4, -0.2) is 51.5 Å². The fourth-order valence-corrected chi connectivity index (χ4v) is 6.06. The summed E-state index contributed by atoms with van der Waals surface area (Å²) in [4.78, 5) is 11.8. The summed E-state index contributed by atoms with van der Waals surface area (Å²) in [7, 11) is 0. The molecule has 3 aromatic rings. The molecule has 3 aromatic carbocycles. The van der Waals surface area contributed by atoms with Crippen LogP contribution in [0.15, 0.2) is 114 Å². The molecule has 0 aromatic heterocycles. The van der Waals surface area contributed by atoms with Gasteiger partial charge in [0.25, 0.3) is 0 Å².